The number of aromatic nitrogens is 2. The van der Waals surface area contributed by atoms with Gasteiger partial charge in [-0.1, -0.05) is 6.92 Å². The van der Waals surface area contributed by atoms with Gasteiger partial charge in [0.25, 0.3) is 0 Å². The topological polar surface area (TPSA) is 37.8 Å². The maximum absolute atomic E-state index is 4.15. The molecule has 12 heavy (non-hydrogen) atoms. The second-order valence-corrected chi connectivity index (χ2v) is 3.17. The lowest BCUT2D eigenvalue weighted by Crippen LogP contribution is -2.03. The molecular weight excluding hydrogens is 150 g/mol. The van der Waals surface area contributed by atoms with Gasteiger partial charge in [0.15, 0.2) is 0 Å². The van der Waals surface area contributed by atoms with E-state index in [-0.39, 0.29) is 0 Å². The Balaban J connectivity index is 2.08. The smallest absolute Gasteiger partial charge is 0.129 e. The average molecular weight is 163 g/mol. The van der Waals surface area contributed by atoms with E-state index in [1.54, 1.807) is 6.33 Å². The van der Waals surface area contributed by atoms with Crippen LogP contribution in [0.1, 0.15) is 25.5 Å². The van der Waals surface area contributed by atoms with Gasteiger partial charge in [0.1, 0.15) is 12.1 Å². The molecule has 1 aromatic heterocycles. The fourth-order valence-electron chi connectivity index (χ4n) is 1.11. The van der Waals surface area contributed by atoms with Crippen molar-refractivity contribution in [2.45, 2.75) is 32.2 Å². The number of rotatable bonds is 3. The molecule has 0 bridgehead atoms. The lowest BCUT2D eigenvalue weighted by atomic mass is 10.3. The van der Waals surface area contributed by atoms with Gasteiger partial charge in [-0.25, -0.2) is 9.97 Å². The molecule has 3 nitrogen and oxygen atoms in total. The summed E-state index contributed by atoms with van der Waals surface area (Å²) in [4.78, 5) is 8.28. The van der Waals surface area contributed by atoms with Gasteiger partial charge in [-0.05, 0) is 19.3 Å². The van der Waals surface area contributed by atoms with E-state index in [9.17, 15) is 0 Å². The zero-order chi connectivity index (χ0) is 8.39. The number of aryl methyl sites for hydroxylation is 1. The van der Waals surface area contributed by atoms with Gasteiger partial charge in [0.05, 0.1) is 0 Å². The Morgan fingerprint density at radius 2 is 2.33 bits per heavy atom. The first-order chi connectivity index (χ1) is 5.88. The lowest BCUT2D eigenvalue weighted by molar-refractivity contribution is 0.986. The predicted molar refractivity (Wildman–Crippen MR) is 48.1 cm³/mol. The van der Waals surface area contributed by atoms with Crippen molar-refractivity contribution in [1.82, 2.24) is 9.97 Å². The Labute approximate surface area is 72.2 Å². The van der Waals surface area contributed by atoms with Crippen LogP contribution in [-0.2, 0) is 6.42 Å². The van der Waals surface area contributed by atoms with E-state index in [4.69, 9.17) is 0 Å². The van der Waals surface area contributed by atoms with Crippen LogP contribution in [0, 0.1) is 0 Å². The summed E-state index contributed by atoms with van der Waals surface area (Å²) in [5.41, 5.74) is 1.10. The van der Waals surface area contributed by atoms with Gasteiger partial charge in [0.2, 0.25) is 0 Å². The Morgan fingerprint density at radius 1 is 1.50 bits per heavy atom. The van der Waals surface area contributed by atoms with Crippen LogP contribution in [0.4, 0.5) is 5.82 Å². The Hall–Kier alpha value is -1.12. The standard InChI is InChI=1S/C9H13N3/c1-2-7-5-9(11-6-10-7)12-8-3-4-8/h5-6,8H,2-4H2,1H3,(H,10,11,12). The van der Waals surface area contributed by atoms with E-state index in [1.165, 1.54) is 12.8 Å². The van der Waals surface area contributed by atoms with E-state index in [0.717, 1.165) is 17.9 Å². The van der Waals surface area contributed by atoms with Crippen molar-refractivity contribution in [2.75, 3.05) is 5.32 Å². The largest absolute Gasteiger partial charge is 0.367 e. The third-order valence-corrected chi connectivity index (χ3v) is 2.02. The summed E-state index contributed by atoms with van der Waals surface area (Å²) in [5, 5.41) is 3.34. The molecular formula is C9H13N3. The molecule has 1 aliphatic carbocycles. The monoisotopic (exact) mass is 163 g/mol. The highest BCUT2D eigenvalue weighted by molar-refractivity contribution is 5.37. The Morgan fingerprint density at radius 3 is 3.00 bits per heavy atom. The van der Waals surface area contributed by atoms with Crippen molar-refractivity contribution in [3.8, 4) is 0 Å². The fraction of sp³-hybridized carbons (Fsp3) is 0.556. The third-order valence-electron chi connectivity index (χ3n) is 2.02. The summed E-state index contributed by atoms with van der Waals surface area (Å²) in [6.07, 6.45) is 5.17. The minimum Gasteiger partial charge on any atom is -0.367 e. The minimum absolute atomic E-state index is 0.671. The Bertz CT molecular complexity index is 268. The highest BCUT2D eigenvalue weighted by Gasteiger charge is 2.21. The van der Waals surface area contributed by atoms with Crippen LogP contribution >= 0.6 is 0 Å². The zero-order valence-corrected chi connectivity index (χ0v) is 7.25. The van der Waals surface area contributed by atoms with E-state index < -0.39 is 0 Å². The summed E-state index contributed by atoms with van der Waals surface area (Å²) in [6, 6.07) is 2.70. The van der Waals surface area contributed by atoms with Crippen molar-refractivity contribution in [2.24, 2.45) is 0 Å². The zero-order valence-electron chi connectivity index (χ0n) is 7.25. The molecule has 0 spiro atoms. The number of hydrogen-bond acceptors (Lipinski definition) is 3. The molecule has 64 valence electrons. The second-order valence-electron chi connectivity index (χ2n) is 3.17. The van der Waals surface area contributed by atoms with Crippen LogP contribution in [0.15, 0.2) is 12.4 Å². The predicted octanol–water partition coefficient (Wildman–Crippen LogP) is 1.61. The summed E-state index contributed by atoms with van der Waals surface area (Å²) < 4.78 is 0. The van der Waals surface area contributed by atoms with E-state index >= 15 is 0 Å². The van der Waals surface area contributed by atoms with Gasteiger partial charge in [-0.2, -0.15) is 0 Å². The molecule has 3 heteroatoms. The minimum atomic E-state index is 0.671. The van der Waals surface area contributed by atoms with E-state index in [0.29, 0.717) is 6.04 Å². The molecule has 0 aliphatic heterocycles. The molecule has 1 saturated carbocycles. The molecule has 0 saturated heterocycles. The van der Waals surface area contributed by atoms with Crippen LogP contribution in [0.5, 0.6) is 0 Å². The van der Waals surface area contributed by atoms with Crippen LogP contribution in [0.25, 0.3) is 0 Å². The van der Waals surface area contributed by atoms with Gasteiger partial charge >= 0.3 is 0 Å². The molecule has 2 rings (SSSR count). The molecule has 1 fully saturated rings. The van der Waals surface area contributed by atoms with E-state index in [2.05, 4.69) is 22.2 Å². The van der Waals surface area contributed by atoms with Crippen molar-refractivity contribution in [3.63, 3.8) is 0 Å². The molecule has 0 aromatic carbocycles. The first-order valence-electron chi connectivity index (χ1n) is 4.46. The summed E-state index contributed by atoms with van der Waals surface area (Å²) in [5.74, 6) is 0.976. The molecule has 0 unspecified atom stereocenters. The van der Waals surface area contributed by atoms with Crippen molar-refractivity contribution >= 4 is 5.82 Å². The molecule has 0 amide bonds. The number of nitrogens with one attached hydrogen (secondary N) is 1. The highest BCUT2D eigenvalue weighted by Crippen LogP contribution is 2.23. The second kappa shape index (κ2) is 3.09. The molecule has 1 N–H and O–H groups in total. The first kappa shape index (κ1) is 7.53. The van der Waals surface area contributed by atoms with Gasteiger partial charge in [0, 0.05) is 17.8 Å². The summed E-state index contributed by atoms with van der Waals surface area (Å²) in [6.45, 7) is 2.10. The number of nitrogens with zero attached hydrogens (tertiary/aromatic N) is 2. The molecule has 0 radical (unpaired) electrons. The van der Waals surface area contributed by atoms with E-state index in [1.807, 2.05) is 6.07 Å². The molecule has 1 aromatic rings. The van der Waals surface area contributed by atoms with Gasteiger partial charge in [-0.15, -0.1) is 0 Å². The average Bonchev–Trinajstić information content (AvgIpc) is 2.89. The van der Waals surface area contributed by atoms with Gasteiger partial charge < -0.3 is 5.32 Å². The maximum Gasteiger partial charge on any atom is 0.129 e. The lowest BCUT2D eigenvalue weighted by Gasteiger charge is -2.03. The quantitative estimate of drug-likeness (QED) is 0.735. The highest BCUT2D eigenvalue weighted by atomic mass is 15.1. The number of anilines is 1. The summed E-state index contributed by atoms with van der Waals surface area (Å²) >= 11 is 0. The van der Waals surface area contributed by atoms with Crippen molar-refractivity contribution in [3.05, 3.63) is 18.1 Å². The molecule has 1 aliphatic rings. The summed E-state index contributed by atoms with van der Waals surface area (Å²) in [7, 11) is 0. The first-order valence-corrected chi connectivity index (χ1v) is 4.46. The molecule has 1 heterocycles. The normalized spacial score (nSPS) is 16.1. The van der Waals surface area contributed by atoms with Crippen molar-refractivity contribution in [1.29, 1.82) is 0 Å². The van der Waals surface area contributed by atoms with Crippen LogP contribution in [0.3, 0.4) is 0 Å². The Kier molecular flexibility index (Phi) is 1.94. The van der Waals surface area contributed by atoms with Crippen LogP contribution in [-0.4, -0.2) is 16.0 Å². The fourth-order valence-corrected chi connectivity index (χ4v) is 1.11. The maximum atomic E-state index is 4.15. The third kappa shape index (κ3) is 1.72. The molecule has 0 atom stereocenters. The SMILES string of the molecule is CCc1cc(NC2CC2)ncn1. The van der Waals surface area contributed by atoms with Gasteiger partial charge in [-0.3, -0.25) is 0 Å². The number of hydrogen-bond donors (Lipinski definition) is 1. The van der Waals surface area contributed by atoms with Crippen molar-refractivity contribution < 1.29 is 0 Å². The van der Waals surface area contributed by atoms with Crippen LogP contribution < -0.4 is 5.32 Å². The van der Waals surface area contributed by atoms with Crippen LogP contribution in [0.2, 0.25) is 0 Å².